The van der Waals surface area contributed by atoms with E-state index >= 15 is 0 Å². The molecule has 0 saturated carbocycles. The number of aromatic nitrogens is 2. The molecule has 1 aromatic heterocycles. The van der Waals surface area contributed by atoms with Gasteiger partial charge in [0.2, 0.25) is 11.7 Å². The maximum absolute atomic E-state index is 13.8. The van der Waals surface area contributed by atoms with Gasteiger partial charge in [0.05, 0.1) is 24.2 Å². The Morgan fingerprint density at radius 3 is 2.64 bits per heavy atom. The molecular weight excluding hydrogens is 439 g/mol. The van der Waals surface area contributed by atoms with Gasteiger partial charge in [-0.1, -0.05) is 13.8 Å². The van der Waals surface area contributed by atoms with Crippen LogP contribution in [0.15, 0.2) is 30.0 Å². The molecule has 12 heteroatoms. The third-order valence-electron chi connectivity index (χ3n) is 5.32. The summed E-state index contributed by atoms with van der Waals surface area (Å²) in [6.45, 7) is 2.34. The summed E-state index contributed by atoms with van der Waals surface area (Å²) in [6, 6.07) is 3.10. The number of hydrogen-bond donors (Lipinski definition) is 5. The number of carboxylic acid groups (broad SMARTS) is 1. The van der Waals surface area contributed by atoms with Crippen LogP contribution in [0.2, 0.25) is 0 Å². The number of carboxylic acids is 1. The summed E-state index contributed by atoms with van der Waals surface area (Å²) in [4.78, 5) is 24.3. The number of carbonyl (C=O) groups is 2. The number of nitriles is 1. The second-order valence-corrected chi connectivity index (χ2v) is 7.91. The maximum Gasteiger partial charge on any atom is 0.370 e. The highest BCUT2D eigenvalue weighted by Crippen LogP contribution is 2.33. The number of aliphatic carboxylic acids is 1. The van der Waals surface area contributed by atoms with Crippen molar-refractivity contribution in [3.8, 4) is 6.07 Å². The molecule has 0 bridgehead atoms. The smallest absolute Gasteiger partial charge is 0.370 e. The number of carbonyl (C=O) groups excluding carboxylic acids is 1. The number of fused-ring (bicyclic) bond motifs is 1. The predicted octanol–water partition coefficient (Wildman–Crippen LogP) is -0.190. The van der Waals surface area contributed by atoms with Gasteiger partial charge in [0.15, 0.2) is 0 Å². The van der Waals surface area contributed by atoms with E-state index in [9.17, 15) is 39.7 Å². The van der Waals surface area contributed by atoms with Crippen molar-refractivity contribution in [3.63, 3.8) is 0 Å². The molecule has 0 radical (unpaired) electrons. The van der Waals surface area contributed by atoms with Crippen molar-refractivity contribution in [2.45, 2.75) is 44.2 Å². The van der Waals surface area contributed by atoms with E-state index in [2.05, 4.69) is 10.4 Å². The SMILES string of the molecule is CC(C)C(=O)N[C@H]1[C@H]([C@H](O)[C@H](O)CO)OC(C(=O)O)=C[C@@H]1n1nc2ccc(F)cc2c1C#N. The van der Waals surface area contributed by atoms with Crippen molar-refractivity contribution in [1.29, 1.82) is 5.26 Å². The van der Waals surface area contributed by atoms with Gasteiger partial charge >= 0.3 is 5.97 Å². The van der Waals surface area contributed by atoms with Crippen LogP contribution in [-0.2, 0) is 14.3 Å². The fourth-order valence-corrected chi connectivity index (χ4v) is 3.57. The fraction of sp³-hybridized carbons (Fsp3) is 0.429. The van der Waals surface area contributed by atoms with Crippen molar-refractivity contribution in [2.75, 3.05) is 6.61 Å². The zero-order valence-corrected chi connectivity index (χ0v) is 17.7. The summed E-state index contributed by atoms with van der Waals surface area (Å²) >= 11 is 0. The zero-order chi connectivity index (χ0) is 24.4. The number of aliphatic hydroxyl groups excluding tert-OH is 3. The van der Waals surface area contributed by atoms with E-state index in [1.165, 1.54) is 6.07 Å². The molecule has 0 spiro atoms. The minimum atomic E-state index is -1.81. The van der Waals surface area contributed by atoms with Gasteiger partial charge in [-0.05, 0) is 24.3 Å². The molecule has 3 rings (SSSR count). The van der Waals surface area contributed by atoms with Crippen LogP contribution < -0.4 is 5.32 Å². The molecule has 33 heavy (non-hydrogen) atoms. The molecule has 0 aliphatic carbocycles. The Hall–Kier alpha value is -3.53. The minimum Gasteiger partial charge on any atom is -0.478 e. The van der Waals surface area contributed by atoms with Crippen molar-refractivity contribution in [3.05, 3.63) is 41.5 Å². The molecule has 5 N–H and O–H groups in total. The molecule has 1 aromatic carbocycles. The van der Waals surface area contributed by atoms with Crippen LogP contribution in [0.25, 0.3) is 10.9 Å². The number of rotatable bonds is 7. The van der Waals surface area contributed by atoms with E-state index in [-0.39, 0.29) is 16.6 Å². The normalized spacial score (nSPS) is 22.2. The number of hydrogen-bond acceptors (Lipinski definition) is 8. The molecule has 0 unspecified atom stereocenters. The van der Waals surface area contributed by atoms with Crippen molar-refractivity contribution in [1.82, 2.24) is 15.1 Å². The molecule has 1 aliphatic heterocycles. The minimum absolute atomic E-state index is 0.114. The lowest BCUT2D eigenvalue weighted by atomic mass is 9.91. The second-order valence-electron chi connectivity index (χ2n) is 7.91. The lowest BCUT2D eigenvalue weighted by molar-refractivity contribution is -0.147. The Morgan fingerprint density at radius 1 is 1.36 bits per heavy atom. The number of benzene rings is 1. The molecule has 5 atom stereocenters. The predicted molar refractivity (Wildman–Crippen MR) is 110 cm³/mol. The summed E-state index contributed by atoms with van der Waals surface area (Å²) in [5.41, 5.74) is 0.128. The molecule has 11 nitrogen and oxygen atoms in total. The van der Waals surface area contributed by atoms with Crippen molar-refractivity contribution in [2.24, 2.45) is 5.92 Å². The summed E-state index contributed by atoms with van der Waals surface area (Å²) in [5, 5.41) is 56.2. The monoisotopic (exact) mass is 462 g/mol. The van der Waals surface area contributed by atoms with Crippen LogP contribution in [0.1, 0.15) is 25.6 Å². The van der Waals surface area contributed by atoms with Crippen LogP contribution in [0, 0.1) is 23.1 Å². The van der Waals surface area contributed by atoms with Gasteiger partial charge in [0.25, 0.3) is 0 Å². The van der Waals surface area contributed by atoms with Gasteiger partial charge in [-0.25, -0.2) is 13.9 Å². The van der Waals surface area contributed by atoms with Gasteiger partial charge < -0.3 is 30.5 Å². The lowest BCUT2D eigenvalue weighted by Crippen LogP contribution is -2.59. The largest absolute Gasteiger partial charge is 0.478 e. The van der Waals surface area contributed by atoms with Gasteiger partial charge in [0, 0.05) is 11.3 Å². The van der Waals surface area contributed by atoms with Crippen LogP contribution in [-0.4, -0.2) is 73.0 Å². The quantitative estimate of drug-likeness (QED) is 0.373. The number of nitrogens with zero attached hydrogens (tertiary/aromatic N) is 3. The maximum atomic E-state index is 13.8. The topological polar surface area (TPSA) is 178 Å². The number of ether oxygens (including phenoxy) is 1. The van der Waals surface area contributed by atoms with Crippen LogP contribution in [0.5, 0.6) is 0 Å². The molecule has 0 saturated heterocycles. The lowest BCUT2D eigenvalue weighted by Gasteiger charge is -2.40. The highest BCUT2D eigenvalue weighted by molar-refractivity contribution is 5.86. The second kappa shape index (κ2) is 9.53. The van der Waals surface area contributed by atoms with E-state index in [0.717, 1.165) is 22.9 Å². The first-order valence-electron chi connectivity index (χ1n) is 10.1. The van der Waals surface area contributed by atoms with Crippen LogP contribution in [0.3, 0.4) is 0 Å². The van der Waals surface area contributed by atoms with E-state index in [1.54, 1.807) is 13.8 Å². The average Bonchev–Trinajstić information content (AvgIpc) is 3.15. The van der Waals surface area contributed by atoms with E-state index in [4.69, 9.17) is 4.74 Å². The molecule has 1 aliphatic rings. The standard InChI is InChI=1S/C21H23FN4O7/c1-9(2)20(30)24-17-13(6-16(21(31)32)33-19(17)18(29)15(28)8-27)26-14(7-23)11-5-10(22)3-4-12(11)25-26/h3-6,9,13,15,17-19,27-29H,8H2,1-2H3,(H,24,30)(H,31,32)/t13-,15+,17+,18+,19+/m0/s1. The van der Waals surface area contributed by atoms with E-state index in [1.807, 2.05) is 6.07 Å². The Morgan fingerprint density at radius 2 is 2.06 bits per heavy atom. The molecular formula is C21H23FN4O7. The Labute approximate surface area is 187 Å². The molecule has 0 fully saturated rings. The van der Waals surface area contributed by atoms with Gasteiger partial charge in [-0.15, -0.1) is 0 Å². The van der Waals surface area contributed by atoms with E-state index < -0.39 is 66.4 Å². The first-order chi connectivity index (χ1) is 15.6. The van der Waals surface area contributed by atoms with Crippen LogP contribution in [0.4, 0.5) is 4.39 Å². The van der Waals surface area contributed by atoms with E-state index in [0.29, 0.717) is 0 Å². The third kappa shape index (κ3) is 4.65. The number of nitrogens with one attached hydrogen (secondary N) is 1. The number of aliphatic hydroxyl groups is 3. The molecule has 176 valence electrons. The Bertz CT molecular complexity index is 1140. The zero-order valence-electron chi connectivity index (χ0n) is 17.7. The fourth-order valence-electron chi connectivity index (χ4n) is 3.57. The Kier molecular flexibility index (Phi) is 6.97. The summed E-state index contributed by atoms with van der Waals surface area (Å²) in [5.74, 6) is -3.75. The summed E-state index contributed by atoms with van der Waals surface area (Å²) < 4.78 is 20.3. The third-order valence-corrected chi connectivity index (χ3v) is 5.32. The Balaban J connectivity index is 2.23. The van der Waals surface area contributed by atoms with Crippen molar-refractivity contribution >= 4 is 22.8 Å². The number of halogens is 1. The molecule has 2 heterocycles. The van der Waals surface area contributed by atoms with Crippen LogP contribution >= 0.6 is 0 Å². The van der Waals surface area contributed by atoms with Crippen molar-refractivity contribution < 1.29 is 39.1 Å². The van der Waals surface area contributed by atoms with Gasteiger partial charge in [-0.2, -0.15) is 10.4 Å². The highest BCUT2D eigenvalue weighted by atomic mass is 19.1. The highest BCUT2D eigenvalue weighted by Gasteiger charge is 2.45. The number of amides is 1. The summed E-state index contributed by atoms with van der Waals surface area (Å²) in [7, 11) is 0. The van der Waals surface area contributed by atoms with Gasteiger partial charge in [0.1, 0.15) is 35.9 Å². The molecule has 2 aromatic rings. The van der Waals surface area contributed by atoms with Gasteiger partial charge in [-0.3, -0.25) is 4.79 Å². The first-order valence-corrected chi connectivity index (χ1v) is 10.1. The average molecular weight is 462 g/mol. The first kappa shape index (κ1) is 24.1. The summed E-state index contributed by atoms with van der Waals surface area (Å²) in [6.07, 6.45) is -3.97. The molecule has 1 amide bonds.